The number of nitrogens with zero attached hydrogens (tertiary/aromatic N) is 1. The molecule has 1 N–H and O–H groups in total. The van der Waals surface area contributed by atoms with E-state index < -0.39 is 5.91 Å². The minimum absolute atomic E-state index is 0.120. The SMILES string of the molecule is CC(=O)c1cccc(N(CC(=O)Nc2ccc(Cl)c(Cl)c2)C(C)=O)c1. The molecule has 2 amide bonds. The lowest BCUT2D eigenvalue weighted by Crippen LogP contribution is -2.36. The fourth-order valence-corrected chi connectivity index (χ4v) is 2.49. The third kappa shape index (κ3) is 5.05. The van der Waals surface area contributed by atoms with Crippen molar-refractivity contribution in [3.63, 3.8) is 0 Å². The van der Waals surface area contributed by atoms with E-state index in [2.05, 4.69) is 5.32 Å². The van der Waals surface area contributed by atoms with Crippen LogP contribution in [-0.4, -0.2) is 24.1 Å². The highest BCUT2D eigenvalue weighted by Gasteiger charge is 2.17. The molecule has 0 aliphatic rings. The van der Waals surface area contributed by atoms with E-state index in [-0.39, 0.29) is 18.2 Å². The van der Waals surface area contributed by atoms with Crippen molar-refractivity contribution in [3.05, 3.63) is 58.1 Å². The van der Waals surface area contributed by atoms with Gasteiger partial charge in [-0.1, -0.05) is 35.3 Å². The number of anilines is 2. The molecule has 130 valence electrons. The summed E-state index contributed by atoms with van der Waals surface area (Å²) in [5.41, 5.74) is 1.42. The summed E-state index contributed by atoms with van der Waals surface area (Å²) in [6.07, 6.45) is 0. The lowest BCUT2D eigenvalue weighted by atomic mass is 10.1. The van der Waals surface area contributed by atoms with Crippen molar-refractivity contribution in [1.82, 2.24) is 0 Å². The van der Waals surface area contributed by atoms with Crippen molar-refractivity contribution < 1.29 is 14.4 Å². The van der Waals surface area contributed by atoms with E-state index in [1.165, 1.54) is 24.8 Å². The number of ketones is 1. The van der Waals surface area contributed by atoms with Crippen molar-refractivity contribution in [2.45, 2.75) is 13.8 Å². The highest BCUT2D eigenvalue weighted by Crippen LogP contribution is 2.25. The molecular weight excluding hydrogens is 363 g/mol. The van der Waals surface area contributed by atoms with Crippen molar-refractivity contribution >= 4 is 52.2 Å². The first-order valence-electron chi connectivity index (χ1n) is 7.42. The number of benzene rings is 2. The predicted octanol–water partition coefficient (Wildman–Crippen LogP) is 4.19. The van der Waals surface area contributed by atoms with Crippen molar-refractivity contribution in [2.75, 3.05) is 16.8 Å². The minimum Gasteiger partial charge on any atom is -0.324 e. The third-order valence-electron chi connectivity index (χ3n) is 3.45. The Morgan fingerprint density at radius 1 is 1.00 bits per heavy atom. The lowest BCUT2D eigenvalue weighted by molar-refractivity contribution is -0.120. The molecule has 0 heterocycles. The zero-order valence-corrected chi connectivity index (χ0v) is 15.2. The zero-order valence-electron chi connectivity index (χ0n) is 13.7. The van der Waals surface area contributed by atoms with Gasteiger partial charge in [0.05, 0.1) is 10.0 Å². The number of rotatable bonds is 5. The standard InChI is InChI=1S/C18H16Cl2N2O3/c1-11(23)13-4-3-5-15(8-13)22(12(2)24)10-18(25)21-14-6-7-16(19)17(20)9-14/h3-9H,10H2,1-2H3,(H,21,25). The summed E-state index contributed by atoms with van der Waals surface area (Å²) in [4.78, 5) is 37.0. The Labute approximate surface area is 155 Å². The van der Waals surface area contributed by atoms with Gasteiger partial charge in [0.2, 0.25) is 11.8 Å². The van der Waals surface area contributed by atoms with E-state index in [4.69, 9.17) is 23.2 Å². The van der Waals surface area contributed by atoms with Crippen LogP contribution in [0, 0.1) is 0 Å². The Kier molecular flexibility index (Phi) is 6.17. The summed E-state index contributed by atoms with van der Waals surface area (Å²) in [7, 11) is 0. The van der Waals surface area contributed by atoms with Crippen LogP contribution in [0.15, 0.2) is 42.5 Å². The second-order valence-corrected chi connectivity index (χ2v) is 6.20. The Hall–Kier alpha value is -2.37. The second-order valence-electron chi connectivity index (χ2n) is 5.39. The summed E-state index contributed by atoms with van der Waals surface area (Å²) in [6, 6.07) is 11.3. The first-order valence-corrected chi connectivity index (χ1v) is 8.17. The summed E-state index contributed by atoms with van der Waals surface area (Å²) < 4.78 is 0. The van der Waals surface area contributed by atoms with Crippen LogP contribution in [0.3, 0.4) is 0 Å². The van der Waals surface area contributed by atoms with Crippen LogP contribution in [0.4, 0.5) is 11.4 Å². The molecule has 25 heavy (non-hydrogen) atoms. The van der Waals surface area contributed by atoms with Crippen molar-refractivity contribution in [3.8, 4) is 0 Å². The Morgan fingerprint density at radius 2 is 1.72 bits per heavy atom. The topological polar surface area (TPSA) is 66.5 Å². The summed E-state index contributed by atoms with van der Waals surface area (Å²) in [6.45, 7) is 2.60. The number of hydrogen-bond acceptors (Lipinski definition) is 3. The lowest BCUT2D eigenvalue weighted by Gasteiger charge is -2.21. The Bertz CT molecular complexity index is 837. The predicted molar refractivity (Wildman–Crippen MR) is 99.6 cm³/mol. The van der Waals surface area contributed by atoms with Gasteiger partial charge in [-0.15, -0.1) is 0 Å². The number of hydrogen-bond donors (Lipinski definition) is 1. The molecule has 0 bridgehead atoms. The van der Waals surface area contributed by atoms with Crippen LogP contribution in [-0.2, 0) is 9.59 Å². The number of Topliss-reactive ketones (excluding diaryl/α,β-unsaturated/α-hetero) is 1. The molecule has 0 saturated carbocycles. The molecule has 0 unspecified atom stereocenters. The summed E-state index contributed by atoms with van der Waals surface area (Å²) in [5.74, 6) is -0.836. The molecule has 2 aromatic rings. The van der Waals surface area contributed by atoms with Crippen molar-refractivity contribution in [1.29, 1.82) is 0 Å². The maximum Gasteiger partial charge on any atom is 0.244 e. The van der Waals surface area contributed by atoms with E-state index in [1.807, 2.05) is 0 Å². The van der Waals surface area contributed by atoms with Gasteiger partial charge in [-0.2, -0.15) is 0 Å². The van der Waals surface area contributed by atoms with Crippen LogP contribution in [0.1, 0.15) is 24.2 Å². The molecule has 0 atom stereocenters. The zero-order chi connectivity index (χ0) is 18.6. The Balaban J connectivity index is 2.17. The number of halogens is 2. The summed E-state index contributed by atoms with van der Waals surface area (Å²) in [5, 5.41) is 3.36. The van der Waals surface area contributed by atoms with Gasteiger partial charge in [-0.25, -0.2) is 0 Å². The molecule has 0 aliphatic heterocycles. The smallest absolute Gasteiger partial charge is 0.244 e. The van der Waals surface area contributed by atoms with Gasteiger partial charge in [0.1, 0.15) is 6.54 Å². The van der Waals surface area contributed by atoms with Crippen molar-refractivity contribution in [2.24, 2.45) is 0 Å². The molecule has 0 fully saturated rings. The summed E-state index contributed by atoms with van der Waals surface area (Å²) >= 11 is 11.8. The normalized spacial score (nSPS) is 10.2. The molecule has 0 aromatic heterocycles. The van der Waals surface area contributed by atoms with E-state index >= 15 is 0 Å². The van der Waals surface area contributed by atoms with Crippen LogP contribution in [0.5, 0.6) is 0 Å². The molecule has 2 aromatic carbocycles. The van der Waals surface area contributed by atoms with E-state index in [0.717, 1.165) is 0 Å². The van der Waals surface area contributed by atoms with E-state index in [0.29, 0.717) is 27.0 Å². The fourth-order valence-electron chi connectivity index (χ4n) is 2.20. The van der Waals surface area contributed by atoms with Gasteiger partial charge in [0.25, 0.3) is 0 Å². The van der Waals surface area contributed by atoms with E-state index in [1.54, 1.807) is 36.4 Å². The first kappa shape index (κ1) is 19.0. The number of carbonyl (C=O) groups excluding carboxylic acids is 3. The van der Waals surface area contributed by atoms with Crippen LogP contribution < -0.4 is 10.2 Å². The molecule has 0 aliphatic carbocycles. The first-order chi connectivity index (χ1) is 11.8. The van der Waals surface area contributed by atoms with E-state index in [9.17, 15) is 14.4 Å². The quantitative estimate of drug-likeness (QED) is 0.793. The fraction of sp³-hybridized carbons (Fsp3) is 0.167. The van der Waals surface area contributed by atoms with Gasteiger partial charge >= 0.3 is 0 Å². The monoisotopic (exact) mass is 378 g/mol. The Morgan fingerprint density at radius 3 is 2.32 bits per heavy atom. The maximum absolute atomic E-state index is 12.3. The molecule has 7 heteroatoms. The molecule has 5 nitrogen and oxygen atoms in total. The highest BCUT2D eigenvalue weighted by molar-refractivity contribution is 6.42. The minimum atomic E-state index is -0.401. The maximum atomic E-state index is 12.3. The third-order valence-corrected chi connectivity index (χ3v) is 4.19. The largest absolute Gasteiger partial charge is 0.324 e. The molecule has 0 spiro atoms. The average molecular weight is 379 g/mol. The van der Waals surface area contributed by atoms with Crippen LogP contribution in [0.2, 0.25) is 10.0 Å². The average Bonchev–Trinajstić information content (AvgIpc) is 2.56. The molecule has 0 saturated heterocycles. The number of carbonyl (C=O) groups is 3. The van der Waals surface area contributed by atoms with Gasteiger partial charge < -0.3 is 10.2 Å². The van der Waals surface area contributed by atoms with Gasteiger partial charge in [-0.3, -0.25) is 14.4 Å². The van der Waals surface area contributed by atoms with Crippen LogP contribution >= 0.6 is 23.2 Å². The van der Waals surface area contributed by atoms with Gasteiger partial charge in [0.15, 0.2) is 5.78 Å². The van der Waals surface area contributed by atoms with Gasteiger partial charge in [-0.05, 0) is 37.3 Å². The highest BCUT2D eigenvalue weighted by atomic mass is 35.5. The van der Waals surface area contributed by atoms with Crippen LogP contribution in [0.25, 0.3) is 0 Å². The number of amides is 2. The number of nitrogens with one attached hydrogen (secondary N) is 1. The molecule has 0 radical (unpaired) electrons. The van der Waals surface area contributed by atoms with Gasteiger partial charge in [0, 0.05) is 23.9 Å². The molecular formula is C18H16Cl2N2O3. The molecule has 2 rings (SSSR count). The second kappa shape index (κ2) is 8.14.